The van der Waals surface area contributed by atoms with Gasteiger partial charge in [-0.2, -0.15) is 13.2 Å². The van der Waals surface area contributed by atoms with Crippen LogP contribution in [-0.2, 0) is 17.4 Å². The Labute approximate surface area is 113 Å². The Hall–Kier alpha value is -1.86. The van der Waals surface area contributed by atoms with Gasteiger partial charge in [-0.3, -0.25) is 4.79 Å². The molecular weight excluding hydrogens is 273 g/mol. The van der Waals surface area contributed by atoms with Crippen molar-refractivity contribution in [3.8, 4) is 0 Å². The number of hydrazine groups is 1. The van der Waals surface area contributed by atoms with Gasteiger partial charge in [-0.15, -0.1) is 0 Å². The highest BCUT2D eigenvalue weighted by Gasteiger charge is 2.29. The fourth-order valence-corrected chi connectivity index (χ4v) is 1.79. The SMILES string of the molecule is O=C1C=C(CCc2ccc(C(F)(F)F)cc2)NNC1O. The van der Waals surface area contributed by atoms with Crippen LogP contribution in [0.25, 0.3) is 0 Å². The van der Waals surface area contributed by atoms with Gasteiger partial charge in [0.25, 0.3) is 0 Å². The minimum atomic E-state index is -4.33. The first-order chi connectivity index (χ1) is 9.36. The summed E-state index contributed by atoms with van der Waals surface area (Å²) in [7, 11) is 0. The molecule has 108 valence electrons. The number of ketones is 1. The number of benzene rings is 1. The molecule has 0 aliphatic carbocycles. The number of aliphatic hydroxyl groups excluding tert-OH is 1. The number of carbonyl (C=O) groups excluding carboxylic acids is 1. The third-order valence-electron chi connectivity index (χ3n) is 2.92. The van der Waals surface area contributed by atoms with Crippen LogP contribution in [0.15, 0.2) is 36.0 Å². The minimum absolute atomic E-state index is 0.453. The molecule has 0 bridgehead atoms. The first kappa shape index (κ1) is 14.5. The second-order valence-electron chi connectivity index (χ2n) is 4.44. The summed E-state index contributed by atoms with van der Waals surface area (Å²) in [5, 5.41) is 9.11. The van der Waals surface area contributed by atoms with Crippen molar-refractivity contribution in [1.82, 2.24) is 10.9 Å². The van der Waals surface area contributed by atoms with Crippen LogP contribution in [0.5, 0.6) is 0 Å². The highest BCUT2D eigenvalue weighted by Crippen LogP contribution is 2.29. The predicted octanol–water partition coefficient (Wildman–Crippen LogP) is 1.52. The smallest absolute Gasteiger partial charge is 0.370 e. The molecule has 1 atom stereocenters. The summed E-state index contributed by atoms with van der Waals surface area (Å²) in [5.74, 6) is -0.453. The minimum Gasteiger partial charge on any atom is -0.370 e. The van der Waals surface area contributed by atoms with Crippen molar-refractivity contribution < 1.29 is 23.1 Å². The average Bonchev–Trinajstić information content (AvgIpc) is 2.40. The molecule has 0 radical (unpaired) electrons. The number of allylic oxidation sites excluding steroid dienone is 1. The van der Waals surface area contributed by atoms with Gasteiger partial charge in [-0.1, -0.05) is 12.1 Å². The zero-order chi connectivity index (χ0) is 14.8. The van der Waals surface area contributed by atoms with Gasteiger partial charge in [0.1, 0.15) is 0 Å². The number of nitrogens with one attached hydrogen (secondary N) is 2. The second-order valence-corrected chi connectivity index (χ2v) is 4.44. The van der Waals surface area contributed by atoms with E-state index in [2.05, 4.69) is 10.9 Å². The number of aliphatic hydroxyl groups is 1. The zero-order valence-electron chi connectivity index (χ0n) is 10.4. The Kier molecular flexibility index (Phi) is 4.10. The van der Waals surface area contributed by atoms with Crippen molar-refractivity contribution >= 4 is 5.78 Å². The van der Waals surface area contributed by atoms with E-state index in [9.17, 15) is 18.0 Å². The highest BCUT2D eigenvalue weighted by molar-refractivity contribution is 5.94. The van der Waals surface area contributed by atoms with Crippen LogP contribution >= 0.6 is 0 Å². The van der Waals surface area contributed by atoms with E-state index in [1.807, 2.05) is 0 Å². The Balaban J connectivity index is 1.95. The van der Waals surface area contributed by atoms with Crippen molar-refractivity contribution in [2.24, 2.45) is 0 Å². The molecule has 2 rings (SSSR count). The number of alkyl halides is 3. The van der Waals surface area contributed by atoms with Gasteiger partial charge in [-0.05, 0) is 30.5 Å². The van der Waals surface area contributed by atoms with Crippen LogP contribution in [0.1, 0.15) is 17.5 Å². The topological polar surface area (TPSA) is 61.4 Å². The monoisotopic (exact) mass is 286 g/mol. The Morgan fingerprint density at radius 2 is 1.80 bits per heavy atom. The second kappa shape index (κ2) is 5.64. The van der Waals surface area contributed by atoms with Crippen molar-refractivity contribution in [1.29, 1.82) is 0 Å². The molecule has 7 heteroatoms. The normalized spacial score (nSPS) is 19.5. The molecule has 0 saturated heterocycles. The third kappa shape index (κ3) is 3.58. The molecule has 0 fully saturated rings. The largest absolute Gasteiger partial charge is 0.416 e. The van der Waals surface area contributed by atoms with Gasteiger partial charge in [-0.25, -0.2) is 5.43 Å². The molecule has 1 unspecified atom stereocenters. The van der Waals surface area contributed by atoms with E-state index in [0.717, 1.165) is 17.7 Å². The molecule has 0 amide bonds. The van der Waals surface area contributed by atoms with Crippen LogP contribution in [-0.4, -0.2) is 17.1 Å². The summed E-state index contributed by atoms with van der Waals surface area (Å²) in [5.41, 5.74) is 5.69. The number of aryl methyl sites for hydroxylation is 1. The molecule has 1 aromatic rings. The standard InChI is InChI=1S/C13H13F3N2O2/c14-13(15,16)9-4-1-8(2-5-9)3-6-10-7-11(19)12(20)18-17-10/h1-2,4-5,7,12,17-18,20H,3,6H2. The van der Waals surface area contributed by atoms with Crippen LogP contribution in [0, 0.1) is 0 Å². The molecular formula is C13H13F3N2O2. The van der Waals surface area contributed by atoms with Gasteiger partial charge < -0.3 is 10.5 Å². The first-order valence-electron chi connectivity index (χ1n) is 5.96. The van der Waals surface area contributed by atoms with Gasteiger partial charge >= 0.3 is 6.18 Å². The molecule has 1 aliphatic rings. The lowest BCUT2D eigenvalue weighted by Gasteiger charge is -2.20. The summed E-state index contributed by atoms with van der Waals surface area (Å²) in [6.45, 7) is 0. The maximum absolute atomic E-state index is 12.4. The Morgan fingerprint density at radius 3 is 2.35 bits per heavy atom. The van der Waals surface area contributed by atoms with E-state index in [0.29, 0.717) is 18.5 Å². The fraction of sp³-hybridized carbons (Fsp3) is 0.308. The van der Waals surface area contributed by atoms with Crippen LogP contribution in [0.3, 0.4) is 0 Å². The maximum atomic E-state index is 12.4. The van der Waals surface area contributed by atoms with Crippen LogP contribution in [0.4, 0.5) is 13.2 Å². The van der Waals surface area contributed by atoms with E-state index in [4.69, 9.17) is 5.11 Å². The summed E-state index contributed by atoms with van der Waals surface area (Å²) in [6.07, 6.45) is -3.37. The lowest BCUT2D eigenvalue weighted by molar-refractivity contribution is -0.137. The number of hydrogen-bond acceptors (Lipinski definition) is 4. The van der Waals surface area contributed by atoms with Crippen LogP contribution < -0.4 is 10.9 Å². The van der Waals surface area contributed by atoms with Crippen molar-refractivity contribution in [3.05, 3.63) is 47.2 Å². The van der Waals surface area contributed by atoms with Crippen LogP contribution in [0.2, 0.25) is 0 Å². The molecule has 0 aromatic heterocycles. The Morgan fingerprint density at radius 1 is 1.15 bits per heavy atom. The van der Waals surface area contributed by atoms with Crippen molar-refractivity contribution in [2.75, 3.05) is 0 Å². The van der Waals surface area contributed by atoms with Crippen molar-refractivity contribution in [2.45, 2.75) is 25.2 Å². The summed E-state index contributed by atoms with van der Waals surface area (Å²) < 4.78 is 37.2. The number of hydrogen-bond donors (Lipinski definition) is 3. The summed E-state index contributed by atoms with van der Waals surface area (Å²) in [4.78, 5) is 11.2. The molecule has 1 heterocycles. The average molecular weight is 286 g/mol. The summed E-state index contributed by atoms with van der Waals surface area (Å²) >= 11 is 0. The van der Waals surface area contributed by atoms with Gasteiger partial charge in [0.15, 0.2) is 6.23 Å². The van der Waals surface area contributed by atoms with E-state index < -0.39 is 23.8 Å². The highest BCUT2D eigenvalue weighted by atomic mass is 19.4. The van der Waals surface area contributed by atoms with Gasteiger partial charge in [0, 0.05) is 11.8 Å². The van der Waals surface area contributed by atoms with E-state index in [1.54, 1.807) is 0 Å². The lowest BCUT2D eigenvalue weighted by atomic mass is 10.0. The van der Waals surface area contributed by atoms with E-state index >= 15 is 0 Å². The molecule has 1 aliphatic heterocycles. The number of rotatable bonds is 3. The van der Waals surface area contributed by atoms with Crippen molar-refractivity contribution in [3.63, 3.8) is 0 Å². The first-order valence-corrected chi connectivity index (χ1v) is 5.96. The molecule has 0 saturated carbocycles. The molecule has 0 spiro atoms. The molecule has 20 heavy (non-hydrogen) atoms. The zero-order valence-corrected chi connectivity index (χ0v) is 10.4. The number of halogens is 3. The quantitative estimate of drug-likeness (QED) is 0.788. The van der Waals surface area contributed by atoms with E-state index in [-0.39, 0.29) is 0 Å². The summed E-state index contributed by atoms with van der Waals surface area (Å²) in [6, 6.07) is 4.89. The van der Waals surface area contributed by atoms with Gasteiger partial charge in [0.05, 0.1) is 5.56 Å². The Bertz CT molecular complexity index is 523. The molecule has 3 N–H and O–H groups in total. The maximum Gasteiger partial charge on any atom is 0.416 e. The number of carbonyl (C=O) groups is 1. The lowest BCUT2D eigenvalue weighted by Crippen LogP contribution is -2.48. The molecule has 1 aromatic carbocycles. The van der Waals surface area contributed by atoms with E-state index in [1.165, 1.54) is 18.2 Å². The predicted molar refractivity (Wildman–Crippen MR) is 65.1 cm³/mol. The van der Waals surface area contributed by atoms with Gasteiger partial charge in [0.2, 0.25) is 5.78 Å². The molecule has 4 nitrogen and oxygen atoms in total. The third-order valence-corrected chi connectivity index (χ3v) is 2.92. The fourth-order valence-electron chi connectivity index (χ4n) is 1.79.